The minimum Gasteiger partial charge on any atom is -0.408 e. The van der Waals surface area contributed by atoms with Crippen LogP contribution in [0.3, 0.4) is 0 Å². The highest BCUT2D eigenvalue weighted by molar-refractivity contribution is 5.20. The number of likely N-dealkylation sites (tertiary alicyclic amines) is 1. The fourth-order valence-corrected chi connectivity index (χ4v) is 2.94. The fraction of sp³-hybridized carbons (Fsp3) is 0.500. The molecule has 0 saturated carbocycles. The number of piperidine rings is 1. The van der Waals surface area contributed by atoms with Crippen molar-refractivity contribution < 1.29 is 4.42 Å². The Morgan fingerprint density at radius 2 is 2.14 bits per heavy atom. The molecule has 2 aromatic rings. The summed E-state index contributed by atoms with van der Waals surface area (Å²) in [5, 5.41) is 10.9. The number of nitrogens with one attached hydrogen (secondary N) is 1. The van der Waals surface area contributed by atoms with Gasteiger partial charge in [0.2, 0.25) is 5.89 Å². The van der Waals surface area contributed by atoms with Crippen molar-refractivity contribution in [3.05, 3.63) is 41.8 Å². The minimum atomic E-state index is 0.518. The monoisotopic (exact) mass is 286 g/mol. The lowest BCUT2D eigenvalue weighted by molar-refractivity contribution is 0.215. The van der Waals surface area contributed by atoms with Gasteiger partial charge in [-0.15, -0.1) is 5.10 Å². The fourth-order valence-electron chi connectivity index (χ4n) is 2.94. The van der Waals surface area contributed by atoms with Crippen LogP contribution < -0.4 is 5.32 Å². The lowest BCUT2D eigenvalue weighted by Crippen LogP contribution is -2.37. The summed E-state index contributed by atoms with van der Waals surface area (Å²) in [6.45, 7) is 5.95. The maximum absolute atomic E-state index is 5.31. The van der Waals surface area contributed by atoms with E-state index in [2.05, 4.69) is 50.7 Å². The SMILES string of the molecule is Cc1nnc(NCCN2CCCC(c3ccccc3)C2)o1. The van der Waals surface area contributed by atoms with Crippen molar-refractivity contribution in [3.8, 4) is 0 Å². The lowest BCUT2D eigenvalue weighted by atomic mass is 9.91. The Morgan fingerprint density at radius 1 is 1.29 bits per heavy atom. The van der Waals surface area contributed by atoms with E-state index in [1.165, 1.54) is 24.9 Å². The predicted octanol–water partition coefficient (Wildman–Crippen LogP) is 2.67. The average molecular weight is 286 g/mol. The van der Waals surface area contributed by atoms with Gasteiger partial charge < -0.3 is 14.6 Å². The first kappa shape index (κ1) is 14.1. The smallest absolute Gasteiger partial charge is 0.315 e. The zero-order valence-electron chi connectivity index (χ0n) is 12.5. The molecule has 3 rings (SSSR count). The van der Waals surface area contributed by atoms with Crippen LogP contribution in [0.15, 0.2) is 34.7 Å². The second-order valence-corrected chi connectivity index (χ2v) is 5.60. The molecule has 21 heavy (non-hydrogen) atoms. The molecule has 1 unspecified atom stereocenters. The van der Waals surface area contributed by atoms with Crippen molar-refractivity contribution in [2.75, 3.05) is 31.5 Å². The van der Waals surface area contributed by atoms with Crippen molar-refractivity contribution in [1.82, 2.24) is 15.1 Å². The summed E-state index contributed by atoms with van der Waals surface area (Å²) in [6.07, 6.45) is 2.55. The summed E-state index contributed by atoms with van der Waals surface area (Å²) in [7, 11) is 0. The van der Waals surface area contributed by atoms with Crippen molar-refractivity contribution in [1.29, 1.82) is 0 Å². The van der Waals surface area contributed by atoms with Crippen LogP contribution in [0.4, 0.5) is 6.01 Å². The van der Waals surface area contributed by atoms with E-state index in [1.54, 1.807) is 6.92 Å². The van der Waals surface area contributed by atoms with E-state index < -0.39 is 0 Å². The zero-order valence-corrected chi connectivity index (χ0v) is 12.5. The van der Waals surface area contributed by atoms with Crippen LogP contribution >= 0.6 is 0 Å². The number of nitrogens with zero attached hydrogens (tertiary/aromatic N) is 3. The first-order chi connectivity index (χ1) is 10.3. The summed E-state index contributed by atoms with van der Waals surface area (Å²) < 4.78 is 5.31. The predicted molar refractivity (Wildman–Crippen MR) is 82.4 cm³/mol. The van der Waals surface area contributed by atoms with E-state index in [-0.39, 0.29) is 0 Å². The van der Waals surface area contributed by atoms with Gasteiger partial charge in [-0.1, -0.05) is 35.4 Å². The lowest BCUT2D eigenvalue weighted by Gasteiger charge is -2.32. The maximum Gasteiger partial charge on any atom is 0.315 e. The van der Waals surface area contributed by atoms with Crippen LogP contribution in [0.1, 0.15) is 30.2 Å². The molecule has 112 valence electrons. The molecule has 5 nitrogen and oxygen atoms in total. The highest BCUT2D eigenvalue weighted by Gasteiger charge is 2.20. The molecule has 0 spiro atoms. The molecule has 0 bridgehead atoms. The van der Waals surface area contributed by atoms with Gasteiger partial charge in [0.05, 0.1) is 0 Å². The van der Waals surface area contributed by atoms with E-state index in [4.69, 9.17) is 4.42 Å². The summed E-state index contributed by atoms with van der Waals surface area (Å²) in [5.74, 6) is 1.25. The second-order valence-electron chi connectivity index (χ2n) is 5.60. The number of hydrogen-bond donors (Lipinski definition) is 1. The first-order valence-corrected chi connectivity index (χ1v) is 7.62. The first-order valence-electron chi connectivity index (χ1n) is 7.62. The molecule has 1 atom stereocenters. The Hall–Kier alpha value is -1.88. The molecule has 2 heterocycles. The molecule has 1 saturated heterocycles. The summed E-state index contributed by atoms with van der Waals surface area (Å²) in [4.78, 5) is 2.51. The molecule has 1 aromatic carbocycles. The van der Waals surface area contributed by atoms with Crippen molar-refractivity contribution in [3.63, 3.8) is 0 Å². The van der Waals surface area contributed by atoms with Gasteiger partial charge in [-0.05, 0) is 30.9 Å². The molecule has 0 amide bonds. The van der Waals surface area contributed by atoms with Gasteiger partial charge in [0.1, 0.15) is 0 Å². The minimum absolute atomic E-state index is 0.518. The van der Waals surface area contributed by atoms with Crippen molar-refractivity contribution in [2.45, 2.75) is 25.7 Å². The number of aryl methyl sites for hydroxylation is 1. The number of rotatable bonds is 5. The topological polar surface area (TPSA) is 54.2 Å². The highest BCUT2D eigenvalue weighted by Crippen LogP contribution is 2.26. The van der Waals surface area contributed by atoms with E-state index in [1.807, 2.05) is 0 Å². The molecule has 1 aliphatic rings. The molecule has 1 fully saturated rings. The standard InChI is InChI=1S/C16H22N4O/c1-13-18-19-16(21-13)17-9-11-20-10-5-8-15(12-20)14-6-3-2-4-7-14/h2-4,6-7,15H,5,8-12H2,1H3,(H,17,19). The third kappa shape index (κ3) is 3.82. The Balaban J connectivity index is 1.47. The van der Waals surface area contributed by atoms with Crippen LogP contribution in [-0.2, 0) is 0 Å². The van der Waals surface area contributed by atoms with E-state index in [9.17, 15) is 0 Å². The van der Waals surface area contributed by atoms with Crippen LogP contribution in [0.2, 0.25) is 0 Å². The molecule has 0 radical (unpaired) electrons. The molecule has 1 aromatic heterocycles. The third-order valence-corrected chi connectivity index (χ3v) is 4.01. The van der Waals surface area contributed by atoms with Gasteiger partial charge in [0.15, 0.2) is 0 Å². The molecular weight excluding hydrogens is 264 g/mol. The Morgan fingerprint density at radius 3 is 2.90 bits per heavy atom. The molecular formula is C16H22N4O. The van der Waals surface area contributed by atoms with Crippen LogP contribution in [0.25, 0.3) is 0 Å². The van der Waals surface area contributed by atoms with Gasteiger partial charge in [0, 0.05) is 26.6 Å². The van der Waals surface area contributed by atoms with Gasteiger partial charge in [0.25, 0.3) is 0 Å². The van der Waals surface area contributed by atoms with E-state index in [0.29, 0.717) is 17.8 Å². The van der Waals surface area contributed by atoms with Gasteiger partial charge in [-0.2, -0.15) is 0 Å². The van der Waals surface area contributed by atoms with E-state index in [0.717, 1.165) is 19.6 Å². The summed E-state index contributed by atoms with van der Waals surface area (Å²) in [5.41, 5.74) is 1.46. The normalized spacial score (nSPS) is 19.6. The molecule has 1 aliphatic heterocycles. The molecule has 0 aliphatic carbocycles. The second kappa shape index (κ2) is 6.72. The van der Waals surface area contributed by atoms with Gasteiger partial charge >= 0.3 is 6.01 Å². The van der Waals surface area contributed by atoms with Crippen LogP contribution in [0, 0.1) is 6.92 Å². The third-order valence-electron chi connectivity index (χ3n) is 4.01. The van der Waals surface area contributed by atoms with Crippen LogP contribution in [0.5, 0.6) is 0 Å². The van der Waals surface area contributed by atoms with Crippen molar-refractivity contribution in [2.24, 2.45) is 0 Å². The number of hydrogen-bond acceptors (Lipinski definition) is 5. The van der Waals surface area contributed by atoms with Gasteiger partial charge in [-0.25, -0.2) is 0 Å². The highest BCUT2D eigenvalue weighted by atomic mass is 16.4. The Kier molecular flexibility index (Phi) is 4.50. The maximum atomic E-state index is 5.31. The number of benzene rings is 1. The largest absolute Gasteiger partial charge is 0.408 e. The summed E-state index contributed by atoms with van der Waals surface area (Å²) in [6, 6.07) is 11.4. The van der Waals surface area contributed by atoms with Crippen LogP contribution in [-0.4, -0.2) is 41.3 Å². The van der Waals surface area contributed by atoms with E-state index >= 15 is 0 Å². The Labute approximate surface area is 125 Å². The number of aromatic nitrogens is 2. The van der Waals surface area contributed by atoms with Crippen molar-refractivity contribution >= 4 is 6.01 Å². The average Bonchev–Trinajstić information content (AvgIpc) is 2.94. The quantitative estimate of drug-likeness (QED) is 0.916. The number of anilines is 1. The molecule has 5 heteroatoms. The molecule has 1 N–H and O–H groups in total. The Bertz CT molecular complexity index is 554. The van der Waals surface area contributed by atoms with Gasteiger partial charge in [-0.3, -0.25) is 0 Å². The summed E-state index contributed by atoms with van der Waals surface area (Å²) >= 11 is 0. The zero-order chi connectivity index (χ0) is 14.5.